The summed E-state index contributed by atoms with van der Waals surface area (Å²) in [5.41, 5.74) is 0. The molecule has 150 valence electrons. The molecule has 0 bridgehead atoms. The summed E-state index contributed by atoms with van der Waals surface area (Å²) < 4.78 is 0. The highest BCUT2D eigenvalue weighted by Gasteiger charge is 2.39. The Labute approximate surface area is 161 Å². The summed E-state index contributed by atoms with van der Waals surface area (Å²) in [7, 11) is 0. The van der Waals surface area contributed by atoms with E-state index in [1.165, 1.54) is 6.08 Å². The van der Waals surface area contributed by atoms with Gasteiger partial charge in [-0.2, -0.15) is 0 Å². The van der Waals surface area contributed by atoms with Crippen LogP contribution in [0.15, 0.2) is 48.6 Å². The number of aliphatic hydroxyl groups excluding tert-OH is 2. The quantitative estimate of drug-likeness (QED) is 0.453. The van der Waals surface area contributed by atoms with E-state index in [4.69, 9.17) is 5.11 Å². The van der Waals surface area contributed by atoms with Gasteiger partial charge in [0.2, 0.25) is 0 Å². The number of rotatable bonds is 12. The lowest BCUT2D eigenvalue weighted by Gasteiger charge is -2.16. The minimum atomic E-state index is -0.961. The van der Waals surface area contributed by atoms with Crippen LogP contribution in [0.5, 0.6) is 0 Å². The van der Waals surface area contributed by atoms with Gasteiger partial charge in [-0.15, -0.1) is 0 Å². The van der Waals surface area contributed by atoms with Crippen molar-refractivity contribution in [2.45, 2.75) is 64.1 Å². The van der Waals surface area contributed by atoms with Crippen LogP contribution in [-0.4, -0.2) is 39.3 Å². The van der Waals surface area contributed by atoms with Crippen molar-refractivity contribution in [3.8, 4) is 0 Å². The van der Waals surface area contributed by atoms with E-state index in [1.54, 1.807) is 6.08 Å². The van der Waals surface area contributed by atoms with Crippen LogP contribution in [0.3, 0.4) is 0 Å². The average Bonchev–Trinajstić information content (AvgIpc) is 2.89. The molecule has 1 aliphatic rings. The molecule has 5 nitrogen and oxygen atoms in total. The van der Waals surface area contributed by atoms with Crippen molar-refractivity contribution >= 4 is 11.8 Å². The predicted octanol–water partition coefficient (Wildman–Crippen LogP) is 3.58. The maximum atomic E-state index is 12.1. The topological polar surface area (TPSA) is 94.8 Å². The Morgan fingerprint density at radius 1 is 1.15 bits per heavy atom. The first-order valence-corrected chi connectivity index (χ1v) is 9.69. The first kappa shape index (κ1) is 23.1. The van der Waals surface area contributed by atoms with E-state index < -0.39 is 18.2 Å². The van der Waals surface area contributed by atoms with Crippen molar-refractivity contribution in [2.75, 3.05) is 0 Å². The van der Waals surface area contributed by atoms with Gasteiger partial charge in [-0.25, -0.2) is 0 Å². The highest BCUT2D eigenvalue weighted by molar-refractivity contribution is 5.84. The number of Topliss-reactive ketones (excluding diaryl/α,β-unsaturated/α-hetero) is 1. The molecule has 0 unspecified atom stereocenters. The lowest BCUT2D eigenvalue weighted by Crippen LogP contribution is -2.19. The second-order valence-corrected chi connectivity index (χ2v) is 6.84. The summed E-state index contributed by atoms with van der Waals surface area (Å²) in [6.07, 6.45) is 17.4. The number of carbonyl (C=O) groups excluding carboxylic acids is 1. The van der Waals surface area contributed by atoms with Crippen molar-refractivity contribution in [3.05, 3.63) is 48.6 Å². The summed E-state index contributed by atoms with van der Waals surface area (Å²) in [4.78, 5) is 22.7. The molecule has 4 atom stereocenters. The largest absolute Gasteiger partial charge is 0.481 e. The highest BCUT2D eigenvalue weighted by atomic mass is 16.4. The molecule has 1 aliphatic carbocycles. The van der Waals surface area contributed by atoms with Crippen LogP contribution in [0.2, 0.25) is 0 Å². The molecule has 0 heterocycles. The molecule has 0 saturated heterocycles. The Kier molecular flexibility index (Phi) is 11.3. The van der Waals surface area contributed by atoms with Gasteiger partial charge in [-0.3, -0.25) is 9.59 Å². The molecular weight excluding hydrogens is 344 g/mol. The fourth-order valence-electron chi connectivity index (χ4n) is 3.10. The lowest BCUT2D eigenvalue weighted by molar-refractivity contribution is -0.137. The van der Waals surface area contributed by atoms with Crippen LogP contribution in [0.1, 0.15) is 51.9 Å². The Balaban J connectivity index is 2.48. The van der Waals surface area contributed by atoms with Crippen LogP contribution >= 0.6 is 0 Å². The molecule has 0 aromatic heterocycles. The molecule has 27 heavy (non-hydrogen) atoms. The van der Waals surface area contributed by atoms with Gasteiger partial charge in [0.1, 0.15) is 5.78 Å². The zero-order chi connectivity index (χ0) is 20.1. The molecule has 1 saturated carbocycles. The summed E-state index contributed by atoms with van der Waals surface area (Å²) in [6, 6.07) is 0. The van der Waals surface area contributed by atoms with Gasteiger partial charge in [0, 0.05) is 24.7 Å². The molecule has 0 aromatic carbocycles. The summed E-state index contributed by atoms with van der Waals surface area (Å²) in [5.74, 6) is -1.56. The molecule has 1 fully saturated rings. The third kappa shape index (κ3) is 9.50. The first-order valence-electron chi connectivity index (χ1n) is 9.69. The van der Waals surface area contributed by atoms with Crippen molar-refractivity contribution in [1.29, 1.82) is 0 Å². The van der Waals surface area contributed by atoms with E-state index in [2.05, 4.69) is 31.2 Å². The molecule has 0 aliphatic heterocycles. The van der Waals surface area contributed by atoms with Crippen molar-refractivity contribution in [1.82, 2.24) is 0 Å². The fraction of sp³-hybridized carbons (Fsp3) is 0.545. The number of hydrogen-bond donors (Lipinski definition) is 3. The minimum absolute atomic E-state index is 0.0297. The third-order valence-electron chi connectivity index (χ3n) is 4.61. The maximum absolute atomic E-state index is 12.1. The van der Waals surface area contributed by atoms with Crippen LogP contribution in [0.4, 0.5) is 0 Å². The molecule has 0 spiro atoms. The monoisotopic (exact) mass is 376 g/mol. The van der Waals surface area contributed by atoms with E-state index in [-0.39, 0.29) is 36.9 Å². The molecule has 1 rings (SSSR count). The smallest absolute Gasteiger partial charge is 0.303 e. The Hall–Kier alpha value is -1.98. The van der Waals surface area contributed by atoms with Gasteiger partial charge in [0.25, 0.3) is 0 Å². The van der Waals surface area contributed by atoms with Gasteiger partial charge in [-0.1, -0.05) is 55.5 Å². The summed E-state index contributed by atoms with van der Waals surface area (Å²) in [5, 5.41) is 28.6. The zero-order valence-corrected chi connectivity index (χ0v) is 16.0. The van der Waals surface area contributed by atoms with Gasteiger partial charge in [0.15, 0.2) is 0 Å². The number of carboxylic acids is 1. The van der Waals surface area contributed by atoms with E-state index >= 15 is 0 Å². The summed E-state index contributed by atoms with van der Waals surface area (Å²) in [6.45, 7) is 2.10. The molecule has 3 N–H and O–H groups in total. The van der Waals surface area contributed by atoms with Gasteiger partial charge in [-0.05, 0) is 32.1 Å². The predicted molar refractivity (Wildman–Crippen MR) is 106 cm³/mol. The second kappa shape index (κ2) is 13.2. The average molecular weight is 376 g/mol. The number of ketones is 1. The zero-order valence-electron chi connectivity index (χ0n) is 16.0. The van der Waals surface area contributed by atoms with Crippen molar-refractivity contribution in [2.24, 2.45) is 11.8 Å². The lowest BCUT2D eigenvalue weighted by atomic mass is 9.90. The SMILES string of the molecule is CC/C=C\C/C=C\C/C=C\C[C@H]1C(=O)C[C@H](O)[C@@H]1/C=C/[C@H](O)CCC(=O)O. The van der Waals surface area contributed by atoms with E-state index in [0.29, 0.717) is 6.42 Å². The molecular formula is C22H32O5. The van der Waals surface area contributed by atoms with Crippen LogP contribution in [0, 0.1) is 11.8 Å². The van der Waals surface area contributed by atoms with Gasteiger partial charge < -0.3 is 15.3 Å². The number of aliphatic carboxylic acids is 1. The second-order valence-electron chi connectivity index (χ2n) is 6.84. The first-order chi connectivity index (χ1) is 13.0. The van der Waals surface area contributed by atoms with Gasteiger partial charge >= 0.3 is 5.97 Å². The Bertz CT molecular complexity index is 573. The van der Waals surface area contributed by atoms with Crippen LogP contribution < -0.4 is 0 Å². The Morgan fingerprint density at radius 3 is 2.41 bits per heavy atom. The highest BCUT2D eigenvalue weighted by Crippen LogP contribution is 2.33. The molecule has 0 amide bonds. The summed E-state index contributed by atoms with van der Waals surface area (Å²) >= 11 is 0. The van der Waals surface area contributed by atoms with Crippen molar-refractivity contribution < 1.29 is 24.9 Å². The third-order valence-corrected chi connectivity index (χ3v) is 4.61. The fourth-order valence-corrected chi connectivity index (χ4v) is 3.10. The Morgan fingerprint density at radius 2 is 1.78 bits per heavy atom. The molecule has 0 aromatic rings. The number of aliphatic hydroxyl groups is 2. The molecule has 5 heteroatoms. The number of hydrogen-bond acceptors (Lipinski definition) is 4. The van der Waals surface area contributed by atoms with Crippen molar-refractivity contribution in [3.63, 3.8) is 0 Å². The van der Waals surface area contributed by atoms with E-state index in [0.717, 1.165) is 19.3 Å². The normalized spacial score (nSPS) is 24.9. The van der Waals surface area contributed by atoms with Crippen LogP contribution in [0.25, 0.3) is 0 Å². The van der Waals surface area contributed by atoms with E-state index in [1.807, 2.05) is 12.2 Å². The van der Waals surface area contributed by atoms with Gasteiger partial charge in [0.05, 0.1) is 12.2 Å². The minimum Gasteiger partial charge on any atom is -0.481 e. The van der Waals surface area contributed by atoms with Crippen LogP contribution in [-0.2, 0) is 9.59 Å². The number of carboxylic acid groups (broad SMARTS) is 1. The standard InChI is InChI=1S/C22H32O5/c1-2-3-4-5-6-7-8-9-10-11-18-19(21(25)16-20(18)24)14-12-17(23)13-15-22(26)27/h3-4,6-7,9-10,12,14,17-19,21,23,25H,2,5,8,11,13,15-16H2,1H3,(H,26,27)/b4-3-,7-6-,10-9-,14-12+/t17-,18+,19+,21-/m0/s1. The molecule has 0 radical (unpaired) electrons. The maximum Gasteiger partial charge on any atom is 0.303 e. The number of allylic oxidation sites excluding steroid dienone is 6. The number of carbonyl (C=O) groups is 2. The van der Waals surface area contributed by atoms with E-state index in [9.17, 15) is 19.8 Å².